The lowest BCUT2D eigenvalue weighted by molar-refractivity contribution is 1.11. The molecule has 0 radical (unpaired) electrons. The fourth-order valence-electron chi connectivity index (χ4n) is 4.47. The third-order valence-electron chi connectivity index (χ3n) is 6.24. The first-order valence-electron chi connectivity index (χ1n) is 11.7. The van der Waals surface area contributed by atoms with Gasteiger partial charge >= 0.3 is 0 Å². The van der Waals surface area contributed by atoms with E-state index in [4.69, 9.17) is 9.97 Å². The predicted octanol–water partition coefficient (Wildman–Crippen LogP) is 8.00. The van der Waals surface area contributed by atoms with Crippen LogP contribution in [0.5, 0.6) is 0 Å². The third-order valence-corrected chi connectivity index (χ3v) is 6.24. The van der Waals surface area contributed by atoms with Crippen LogP contribution in [0.1, 0.15) is 5.69 Å². The molecule has 0 fully saturated rings. The van der Waals surface area contributed by atoms with Crippen molar-refractivity contribution in [3.63, 3.8) is 0 Å². The molecule has 0 saturated carbocycles. The molecule has 166 valence electrons. The number of aryl methyl sites for hydroxylation is 1. The summed E-state index contributed by atoms with van der Waals surface area (Å²) in [5, 5.41) is 2.50. The Hall–Kier alpha value is -4.63. The maximum Gasteiger partial charge on any atom is 0.160 e. The van der Waals surface area contributed by atoms with E-state index < -0.39 is 0 Å². The van der Waals surface area contributed by atoms with E-state index in [2.05, 4.69) is 96.0 Å². The number of pyridine rings is 1. The smallest absolute Gasteiger partial charge is 0.160 e. The molecule has 3 heteroatoms. The SMILES string of the molecule is Cc1cc(-c2ccc(-c3ccccn3)cc2)nc(-c2ccc(-c3cccc4ccccc34)cc2)n1. The van der Waals surface area contributed by atoms with Crippen molar-refractivity contribution in [2.24, 2.45) is 0 Å². The number of hydrogen-bond acceptors (Lipinski definition) is 3. The molecule has 4 aromatic carbocycles. The van der Waals surface area contributed by atoms with Crippen LogP contribution < -0.4 is 0 Å². The Bertz CT molecular complexity index is 1620. The van der Waals surface area contributed by atoms with Gasteiger partial charge in [0.1, 0.15) is 0 Å². The van der Waals surface area contributed by atoms with Gasteiger partial charge < -0.3 is 0 Å². The van der Waals surface area contributed by atoms with Crippen molar-refractivity contribution in [2.45, 2.75) is 6.92 Å². The summed E-state index contributed by atoms with van der Waals surface area (Å²) in [5.41, 5.74) is 8.38. The predicted molar refractivity (Wildman–Crippen MR) is 144 cm³/mol. The molecule has 6 rings (SSSR count). The monoisotopic (exact) mass is 449 g/mol. The van der Waals surface area contributed by atoms with Gasteiger partial charge in [0.25, 0.3) is 0 Å². The molecular weight excluding hydrogens is 426 g/mol. The fourth-order valence-corrected chi connectivity index (χ4v) is 4.47. The molecule has 2 heterocycles. The molecular formula is C32H23N3. The van der Waals surface area contributed by atoms with E-state index in [9.17, 15) is 0 Å². The number of nitrogens with zero attached hydrogens (tertiary/aromatic N) is 3. The van der Waals surface area contributed by atoms with Crippen molar-refractivity contribution in [1.29, 1.82) is 0 Å². The van der Waals surface area contributed by atoms with Crippen LogP contribution in [-0.4, -0.2) is 15.0 Å². The van der Waals surface area contributed by atoms with Crippen LogP contribution in [0, 0.1) is 6.92 Å². The van der Waals surface area contributed by atoms with Crippen LogP contribution in [0.15, 0.2) is 121 Å². The highest BCUT2D eigenvalue weighted by Crippen LogP contribution is 2.31. The zero-order valence-corrected chi connectivity index (χ0v) is 19.4. The summed E-state index contributed by atoms with van der Waals surface area (Å²) in [7, 11) is 0. The average molecular weight is 450 g/mol. The summed E-state index contributed by atoms with van der Waals surface area (Å²) < 4.78 is 0. The number of benzene rings is 4. The van der Waals surface area contributed by atoms with Crippen molar-refractivity contribution in [3.8, 4) is 45.0 Å². The minimum Gasteiger partial charge on any atom is -0.256 e. The van der Waals surface area contributed by atoms with Crippen molar-refractivity contribution in [1.82, 2.24) is 15.0 Å². The Balaban J connectivity index is 1.33. The third kappa shape index (κ3) is 4.20. The highest BCUT2D eigenvalue weighted by Gasteiger charge is 2.09. The molecule has 0 aliphatic rings. The molecule has 6 aromatic rings. The zero-order chi connectivity index (χ0) is 23.6. The number of fused-ring (bicyclic) bond motifs is 1. The van der Waals surface area contributed by atoms with E-state index in [0.29, 0.717) is 0 Å². The van der Waals surface area contributed by atoms with E-state index in [1.807, 2.05) is 37.4 Å². The number of aromatic nitrogens is 3. The van der Waals surface area contributed by atoms with Crippen molar-refractivity contribution >= 4 is 10.8 Å². The standard InChI is InChI=1S/C32H23N3/c1-22-21-31(26-16-14-25(15-17-26)30-11-4-5-20-33-30)35-32(34-22)27-18-12-24(13-19-27)29-10-6-8-23-7-2-3-9-28(23)29/h2-21H,1H3. The van der Waals surface area contributed by atoms with E-state index >= 15 is 0 Å². The lowest BCUT2D eigenvalue weighted by atomic mass is 9.97. The maximum absolute atomic E-state index is 4.90. The Morgan fingerprint density at radius 1 is 0.514 bits per heavy atom. The van der Waals surface area contributed by atoms with Crippen molar-refractivity contribution in [2.75, 3.05) is 0 Å². The first kappa shape index (κ1) is 20.9. The molecule has 35 heavy (non-hydrogen) atoms. The second-order valence-electron chi connectivity index (χ2n) is 8.61. The summed E-state index contributed by atoms with van der Waals surface area (Å²) in [6, 6.07) is 39.8. The molecule has 0 bridgehead atoms. The van der Waals surface area contributed by atoms with Crippen LogP contribution >= 0.6 is 0 Å². The zero-order valence-electron chi connectivity index (χ0n) is 19.4. The van der Waals surface area contributed by atoms with Gasteiger partial charge in [-0.1, -0.05) is 97.1 Å². The van der Waals surface area contributed by atoms with E-state index in [0.717, 1.165) is 39.6 Å². The van der Waals surface area contributed by atoms with Gasteiger partial charge in [-0.3, -0.25) is 4.98 Å². The first-order chi connectivity index (χ1) is 17.2. The van der Waals surface area contributed by atoms with Crippen LogP contribution in [0.3, 0.4) is 0 Å². The van der Waals surface area contributed by atoms with Crippen LogP contribution in [0.2, 0.25) is 0 Å². The van der Waals surface area contributed by atoms with E-state index in [-0.39, 0.29) is 0 Å². The van der Waals surface area contributed by atoms with Gasteiger partial charge in [0.15, 0.2) is 5.82 Å². The fraction of sp³-hybridized carbons (Fsp3) is 0.0312. The van der Waals surface area contributed by atoms with Gasteiger partial charge in [0.05, 0.1) is 11.4 Å². The molecule has 0 N–H and O–H groups in total. The van der Waals surface area contributed by atoms with Gasteiger partial charge in [0, 0.05) is 28.6 Å². The molecule has 0 spiro atoms. The van der Waals surface area contributed by atoms with Gasteiger partial charge in [-0.25, -0.2) is 9.97 Å². The summed E-state index contributed by atoms with van der Waals surface area (Å²) in [4.78, 5) is 14.1. The lowest BCUT2D eigenvalue weighted by Gasteiger charge is -2.10. The van der Waals surface area contributed by atoms with E-state index in [1.165, 1.54) is 21.9 Å². The van der Waals surface area contributed by atoms with Crippen molar-refractivity contribution in [3.05, 3.63) is 127 Å². The molecule has 0 aliphatic carbocycles. The Morgan fingerprint density at radius 2 is 1.17 bits per heavy atom. The second-order valence-corrected chi connectivity index (χ2v) is 8.61. The molecule has 2 aromatic heterocycles. The second kappa shape index (κ2) is 8.96. The summed E-state index contributed by atoms with van der Waals surface area (Å²) in [6.45, 7) is 2.02. The Kier molecular flexibility index (Phi) is 5.36. The Labute approximate surface area is 204 Å². The summed E-state index contributed by atoms with van der Waals surface area (Å²) in [5.74, 6) is 0.735. The van der Waals surface area contributed by atoms with Crippen LogP contribution in [0.4, 0.5) is 0 Å². The normalized spacial score (nSPS) is 11.0. The first-order valence-corrected chi connectivity index (χ1v) is 11.7. The summed E-state index contributed by atoms with van der Waals surface area (Å²) in [6.07, 6.45) is 1.81. The quantitative estimate of drug-likeness (QED) is 0.274. The van der Waals surface area contributed by atoms with Gasteiger partial charge in [0.2, 0.25) is 0 Å². The average Bonchev–Trinajstić information content (AvgIpc) is 2.93. The molecule has 0 aliphatic heterocycles. The molecule has 3 nitrogen and oxygen atoms in total. The van der Waals surface area contributed by atoms with Crippen LogP contribution in [-0.2, 0) is 0 Å². The van der Waals surface area contributed by atoms with Gasteiger partial charge in [-0.15, -0.1) is 0 Å². The largest absolute Gasteiger partial charge is 0.256 e. The van der Waals surface area contributed by atoms with Crippen LogP contribution in [0.25, 0.3) is 55.8 Å². The Morgan fingerprint density at radius 3 is 1.94 bits per heavy atom. The molecule has 0 amide bonds. The van der Waals surface area contributed by atoms with Crippen molar-refractivity contribution < 1.29 is 0 Å². The maximum atomic E-state index is 4.90. The van der Waals surface area contributed by atoms with Gasteiger partial charge in [-0.05, 0) is 47.0 Å². The molecule has 0 saturated heterocycles. The molecule has 0 atom stereocenters. The van der Waals surface area contributed by atoms with Gasteiger partial charge in [-0.2, -0.15) is 0 Å². The topological polar surface area (TPSA) is 38.7 Å². The minimum atomic E-state index is 0.735. The highest BCUT2D eigenvalue weighted by molar-refractivity contribution is 5.96. The minimum absolute atomic E-state index is 0.735. The lowest BCUT2D eigenvalue weighted by Crippen LogP contribution is -1.95. The highest BCUT2D eigenvalue weighted by atomic mass is 14.9. The molecule has 0 unspecified atom stereocenters. The number of rotatable bonds is 4. The van der Waals surface area contributed by atoms with E-state index in [1.54, 1.807) is 0 Å². The number of hydrogen-bond donors (Lipinski definition) is 0. The summed E-state index contributed by atoms with van der Waals surface area (Å²) >= 11 is 0.